The molecule has 1 heterocycles. The molecule has 2 amide bonds. The third-order valence-corrected chi connectivity index (χ3v) is 4.24. The highest BCUT2D eigenvalue weighted by Crippen LogP contribution is 2.21. The van der Waals surface area contributed by atoms with Gasteiger partial charge in [-0.05, 0) is 47.9 Å². The van der Waals surface area contributed by atoms with Gasteiger partial charge in [0.05, 0.1) is 0 Å². The number of aryl methyl sites for hydroxylation is 1. The van der Waals surface area contributed by atoms with Gasteiger partial charge in [0.25, 0.3) is 11.8 Å². The molecule has 0 radical (unpaired) electrons. The molecule has 2 N–H and O–H groups in total. The molecular formula is C19H22ClN3O2. The first kappa shape index (κ1) is 19.0. The summed E-state index contributed by atoms with van der Waals surface area (Å²) in [4.78, 5) is 26.2. The van der Waals surface area contributed by atoms with Crippen LogP contribution in [0.25, 0.3) is 0 Å². The Balaban J connectivity index is 0.00000225. The van der Waals surface area contributed by atoms with E-state index in [-0.39, 0.29) is 24.2 Å². The first-order valence-electron chi connectivity index (χ1n) is 7.92. The molecule has 1 aliphatic rings. The Hall–Kier alpha value is -2.37. The van der Waals surface area contributed by atoms with E-state index in [4.69, 9.17) is 0 Å². The van der Waals surface area contributed by atoms with Gasteiger partial charge < -0.3 is 15.5 Å². The van der Waals surface area contributed by atoms with Gasteiger partial charge in [-0.3, -0.25) is 9.59 Å². The molecule has 0 aromatic heterocycles. The second kappa shape index (κ2) is 7.68. The summed E-state index contributed by atoms with van der Waals surface area (Å²) in [5.74, 6) is -0.253. The van der Waals surface area contributed by atoms with Crippen LogP contribution in [-0.2, 0) is 13.1 Å². The van der Waals surface area contributed by atoms with E-state index in [9.17, 15) is 9.59 Å². The summed E-state index contributed by atoms with van der Waals surface area (Å²) in [7, 11) is 3.41. The molecule has 0 bridgehead atoms. The Morgan fingerprint density at radius 1 is 1.00 bits per heavy atom. The van der Waals surface area contributed by atoms with Gasteiger partial charge in [0, 0.05) is 44.0 Å². The lowest BCUT2D eigenvalue weighted by atomic mass is 10.1. The highest BCUT2D eigenvalue weighted by atomic mass is 35.5. The predicted molar refractivity (Wildman–Crippen MR) is 101 cm³/mol. The topological polar surface area (TPSA) is 61.4 Å². The zero-order valence-electron chi connectivity index (χ0n) is 14.6. The number of carbonyl (C=O) groups is 2. The normalized spacial score (nSPS) is 12.1. The monoisotopic (exact) mass is 359 g/mol. The van der Waals surface area contributed by atoms with Gasteiger partial charge in [-0.15, -0.1) is 12.4 Å². The summed E-state index contributed by atoms with van der Waals surface area (Å²) >= 11 is 0. The van der Waals surface area contributed by atoms with E-state index in [0.29, 0.717) is 16.8 Å². The van der Waals surface area contributed by atoms with E-state index in [0.717, 1.165) is 24.2 Å². The molecule has 0 spiro atoms. The number of fused-ring (bicyclic) bond motifs is 1. The van der Waals surface area contributed by atoms with Gasteiger partial charge in [0.15, 0.2) is 0 Å². The van der Waals surface area contributed by atoms with Crippen LogP contribution >= 0.6 is 12.4 Å². The van der Waals surface area contributed by atoms with Crippen molar-refractivity contribution >= 4 is 29.9 Å². The summed E-state index contributed by atoms with van der Waals surface area (Å²) in [5.41, 5.74) is 5.16. The molecule has 25 heavy (non-hydrogen) atoms. The zero-order chi connectivity index (χ0) is 17.3. The Kier molecular flexibility index (Phi) is 5.82. The van der Waals surface area contributed by atoms with Crippen LogP contribution in [0.2, 0.25) is 0 Å². The van der Waals surface area contributed by atoms with E-state index >= 15 is 0 Å². The average molecular weight is 360 g/mol. The van der Waals surface area contributed by atoms with E-state index in [2.05, 4.69) is 10.6 Å². The van der Waals surface area contributed by atoms with Crippen molar-refractivity contribution in [2.75, 3.05) is 19.4 Å². The average Bonchev–Trinajstić information content (AvgIpc) is 3.03. The van der Waals surface area contributed by atoms with E-state index in [1.165, 1.54) is 10.5 Å². The van der Waals surface area contributed by atoms with Crippen LogP contribution in [-0.4, -0.2) is 30.8 Å². The number of amides is 2. The number of nitrogens with zero attached hydrogens (tertiary/aromatic N) is 1. The van der Waals surface area contributed by atoms with Crippen molar-refractivity contribution in [3.05, 3.63) is 64.2 Å². The predicted octanol–water partition coefficient (Wildman–Crippen LogP) is 2.97. The summed E-state index contributed by atoms with van der Waals surface area (Å²) < 4.78 is 0. The number of rotatable bonds is 3. The number of nitrogens with one attached hydrogen (secondary N) is 2. The molecule has 2 aromatic rings. The minimum atomic E-state index is -0.165. The maximum absolute atomic E-state index is 12.6. The minimum absolute atomic E-state index is 0. The van der Waals surface area contributed by atoms with Crippen LogP contribution < -0.4 is 10.6 Å². The van der Waals surface area contributed by atoms with Gasteiger partial charge >= 0.3 is 0 Å². The number of hydrogen-bond donors (Lipinski definition) is 2. The Morgan fingerprint density at radius 3 is 2.40 bits per heavy atom. The highest BCUT2D eigenvalue weighted by molar-refractivity contribution is 6.05. The summed E-state index contributed by atoms with van der Waals surface area (Å²) in [5, 5.41) is 6.19. The lowest BCUT2D eigenvalue weighted by Gasteiger charge is -2.14. The second-order valence-electron chi connectivity index (χ2n) is 6.27. The third-order valence-electron chi connectivity index (χ3n) is 4.24. The van der Waals surface area contributed by atoms with Gasteiger partial charge in [-0.2, -0.15) is 0 Å². The molecule has 2 aromatic carbocycles. The first-order chi connectivity index (χ1) is 11.5. The largest absolute Gasteiger partial charge is 0.345 e. The van der Waals surface area contributed by atoms with E-state index < -0.39 is 0 Å². The van der Waals surface area contributed by atoms with Gasteiger partial charge in [-0.1, -0.05) is 12.1 Å². The molecule has 0 unspecified atom stereocenters. The fourth-order valence-electron chi connectivity index (χ4n) is 2.78. The van der Waals surface area contributed by atoms with Gasteiger partial charge in [-0.25, -0.2) is 0 Å². The maximum atomic E-state index is 12.6. The highest BCUT2D eigenvalue weighted by Gasteiger charge is 2.15. The first-order valence-corrected chi connectivity index (χ1v) is 7.92. The maximum Gasteiger partial charge on any atom is 0.255 e. The lowest BCUT2D eigenvalue weighted by Crippen LogP contribution is -2.22. The van der Waals surface area contributed by atoms with Crippen molar-refractivity contribution in [1.29, 1.82) is 0 Å². The van der Waals surface area contributed by atoms with Crippen LogP contribution in [0, 0.1) is 6.92 Å². The lowest BCUT2D eigenvalue weighted by molar-refractivity contribution is 0.0827. The Morgan fingerprint density at radius 2 is 1.68 bits per heavy atom. The Bertz CT molecular complexity index is 818. The van der Waals surface area contributed by atoms with Crippen LogP contribution in [0.1, 0.15) is 37.4 Å². The fourth-order valence-corrected chi connectivity index (χ4v) is 2.78. The molecule has 0 fully saturated rings. The zero-order valence-corrected chi connectivity index (χ0v) is 15.4. The smallest absolute Gasteiger partial charge is 0.255 e. The van der Waals surface area contributed by atoms with Crippen molar-refractivity contribution < 1.29 is 9.59 Å². The van der Waals surface area contributed by atoms with Crippen molar-refractivity contribution in [3.8, 4) is 0 Å². The number of halogens is 1. The molecule has 0 saturated heterocycles. The molecule has 1 aliphatic heterocycles. The van der Waals surface area contributed by atoms with Crippen LogP contribution in [0.5, 0.6) is 0 Å². The van der Waals surface area contributed by atoms with Gasteiger partial charge in [0.2, 0.25) is 0 Å². The Labute approximate surface area is 153 Å². The van der Waals surface area contributed by atoms with Crippen molar-refractivity contribution in [3.63, 3.8) is 0 Å². The summed E-state index contributed by atoms with van der Waals surface area (Å²) in [6.45, 7) is 3.56. The molecule has 0 atom stereocenters. The molecule has 5 nitrogen and oxygen atoms in total. The quantitative estimate of drug-likeness (QED) is 0.885. The number of carbonyl (C=O) groups excluding carboxylic acids is 2. The van der Waals surface area contributed by atoms with Crippen LogP contribution in [0.15, 0.2) is 36.4 Å². The number of hydrogen-bond acceptors (Lipinski definition) is 3. The molecule has 3 rings (SSSR count). The molecule has 0 saturated carbocycles. The minimum Gasteiger partial charge on any atom is -0.345 e. The molecule has 6 heteroatoms. The second-order valence-corrected chi connectivity index (χ2v) is 6.27. The summed E-state index contributed by atoms with van der Waals surface area (Å²) in [6, 6.07) is 11.1. The van der Waals surface area contributed by atoms with E-state index in [1.807, 2.05) is 31.2 Å². The summed E-state index contributed by atoms with van der Waals surface area (Å²) in [6.07, 6.45) is 0. The number of anilines is 1. The molecule has 0 aliphatic carbocycles. The van der Waals surface area contributed by atoms with Crippen LogP contribution in [0.3, 0.4) is 0 Å². The SMILES string of the molecule is Cc1ccc(C(=O)N(C)C)cc1NC(=O)c1ccc2c(c1)CNC2.Cl. The molecule has 132 valence electrons. The number of benzene rings is 2. The van der Waals surface area contributed by atoms with Crippen molar-refractivity contribution in [1.82, 2.24) is 10.2 Å². The van der Waals surface area contributed by atoms with Crippen molar-refractivity contribution in [2.45, 2.75) is 20.0 Å². The van der Waals surface area contributed by atoms with Crippen molar-refractivity contribution in [2.24, 2.45) is 0 Å². The van der Waals surface area contributed by atoms with Gasteiger partial charge in [0.1, 0.15) is 0 Å². The standard InChI is InChI=1S/C19H21N3O2.ClH/c1-12-4-5-14(19(24)22(2)3)9-17(12)21-18(23)13-6-7-15-10-20-11-16(15)8-13;/h4-9,20H,10-11H2,1-3H3,(H,21,23);1H. The fraction of sp³-hybridized carbons (Fsp3) is 0.263. The third kappa shape index (κ3) is 4.00. The van der Waals surface area contributed by atoms with Crippen LogP contribution in [0.4, 0.5) is 5.69 Å². The molecular weight excluding hydrogens is 338 g/mol. The van der Waals surface area contributed by atoms with E-state index in [1.54, 1.807) is 26.2 Å².